The Morgan fingerprint density at radius 1 is 0.833 bits per heavy atom. The molecule has 0 aromatic heterocycles. The minimum Gasteiger partial charge on any atom is -0.491 e. The van der Waals surface area contributed by atoms with E-state index in [4.69, 9.17) is 22.8 Å². The van der Waals surface area contributed by atoms with E-state index in [1.165, 1.54) is 13.2 Å². The summed E-state index contributed by atoms with van der Waals surface area (Å²) >= 11 is 0. The van der Waals surface area contributed by atoms with Crippen LogP contribution >= 0.6 is 0 Å². The van der Waals surface area contributed by atoms with Gasteiger partial charge >= 0.3 is 12.1 Å². The van der Waals surface area contributed by atoms with Crippen LogP contribution in [0.15, 0.2) is 48.6 Å². The number of hydrogen-bond acceptors (Lipinski definition) is 6. The zero-order valence-corrected chi connectivity index (χ0v) is 39.3. The summed E-state index contributed by atoms with van der Waals surface area (Å²) in [4.78, 5) is 11.7. The van der Waals surface area contributed by atoms with Crippen molar-refractivity contribution in [2.75, 3.05) is 13.7 Å². The highest BCUT2D eigenvalue weighted by Crippen LogP contribution is 2.48. The number of benzene rings is 1. The third-order valence-electron chi connectivity index (χ3n) is 12.3. The number of hydrogen-bond donors (Lipinski definition) is 0. The molecule has 5 atom stereocenters. The zero-order chi connectivity index (χ0) is 41.6. The van der Waals surface area contributed by atoms with E-state index >= 15 is 0 Å². The summed E-state index contributed by atoms with van der Waals surface area (Å²) < 4.78 is 72.9. The fraction of sp³-hybridized carbons (Fsp3) is 0.738. The van der Waals surface area contributed by atoms with Gasteiger partial charge in [-0.2, -0.15) is 13.2 Å². The highest BCUT2D eigenvalue weighted by atomic mass is 28.4. The van der Waals surface area contributed by atoms with Gasteiger partial charge in [-0.1, -0.05) is 92.7 Å². The Labute approximate surface area is 329 Å². The fourth-order valence-corrected chi connectivity index (χ4v) is 9.75. The molecule has 0 unspecified atom stereocenters. The fourth-order valence-electron chi connectivity index (χ4n) is 5.75. The Morgan fingerprint density at radius 2 is 1.39 bits per heavy atom. The van der Waals surface area contributed by atoms with Crippen molar-refractivity contribution in [3.8, 4) is 5.75 Å². The topological polar surface area (TPSA) is 63.2 Å². The van der Waals surface area contributed by atoms with Crippen molar-refractivity contribution in [2.24, 2.45) is 11.8 Å². The van der Waals surface area contributed by atoms with Crippen molar-refractivity contribution in [2.45, 2.75) is 173 Å². The molecule has 0 aliphatic heterocycles. The summed E-state index contributed by atoms with van der Waals surface area (Å²) in [7, 11) is -5.30. The van der Waals surface area contributed by atoms with E-state index in [0.29, 0.717) is 6.42 Å². The number of allylic oxidation sites excluding steroid dienone is 2. The average Bonchev–Trinajstić information content (AvgIpc) is 3.31. The summed E-state index contributed by atoms with van der Waals surface area (Å²) in [6.07, 6.45) is 7.01. The number of halogens is 3. The minimum atomic E-state index is -4.47. The Hall–Kier alpha value is -1.71. The van der Waals surface area contributed by atoms with Crippen LogP contribution in [0.2, 0.25) is 54.4 Å². The lowest BCUT2D eigenvalue weighted by Crippen LogP contribution is -2.45. The first-order valence-corrected chi connectivity index (χ1v) is 28.4. The van der Waals surface area contributed by atoms with Gasteiger partial charge in [0.1, 0.15) is 12.4 Å². The van der Waals surface area contributed by atoms with E-state index in [9.17, 15) is 18.0 Å². The number of alkyl halides is 3. The summed E-state index contributed by atoms with van der Waals surface area (Å²) in [5.41, 5.74) is -0.747. The molecule has 12 heteroatoms. The first kappa shape index (κ1) is 48.4. The molecule has 1 aliphatic carbocycles. The number of rotatable bonds is 17. The average molecular weight is 815 g/mol. The van der Waals surface area contributed by atoms with Crippen LogP contribution < -0.4 is 4.74 Å². The van der Waals surface area contributed by atoms with Gasteiger partial charge in [-0.25, -0.2) is 0 Å². The summed E-state index contributed by atoms with van der Waals surface area (Å²) in [6, 6.07) is 5.02. The smallest absolute Gasteiger partial charge is 0.416 e. The molecule has 2 rings (SSSR count). The van der Waals surface area contributed by atoms with Gasteiger partial charge in [-0.3, -0.25) is 4.79 Å². The first-order chi connectivity index (χ1) is 24.4. The van der Waals surface area contributed by atoms with Crippen molar-refractivity contribution < 1.29 is 40.7 Å². The quantitative estimate of drug-likeness (QED) is 0.0675. The molecule has 1 aromatic rings. The normalized spacial score (nSPS) is 21.6. The first-order valence-electron chi connectivity index (χ1n) is 19.7. The van der Waals surface area contributed by atoms with Crippen molar-refractivity contribution in [1.82, 2.24) is 0 Å². The SMILES string of the molecule is COC(=O)CCCC=CC[C@@H]1[C@H](C=C[C@H](COc2cccc(C(F)(F)F)c2)O[Si](C)(C)C(C)(C)C)[C@H](O[Si](C)(C)C(C)(C)C)C[C@H]1O[Si](C)(C)C(C)(C)C. The number of ether oxygens (including phenoxy) is 2. The Kier molecular flexibility index (Phi) is 16.8. The second kappa shape index (κ2) is 18.7. The van der Waals surface area contributed by atoms with Crippen LogP contribution in [0.1, 0.15) is 100.0 Å². The molecule has 0 radical (unpaired) electrons. The van der Waals surface area contributed by atoms with E-state index in [1.807, 2.05) is 0 Å². The summed E-state index contributed by atoms with van der Waals surface area (Å²) in [6.45, 7) is 33.7. The molecule has 0 amide bonds. The molecule has 0 spiro atoms. The molecule has 54 heavy (non-hydrogen) atoms. The Morgan fingerprint density at radius 3 is 1.91 bits per heavy atom. The van der Waals surface area contributed by atoms with Gasteiger partial charge in [0.05, 0.1) is 31.0 Å². The molecule has 0 bridgehead atoms. The van der Waals surface area contributed by atoms with Crippen LogP contribution in [-0.4, -0.2) is 63.0 Å². The second-order valence-electron chi connectivity index (χ2n) is 19.6. The number of carbonyl (C=O) groups excluding carboxylic acids is 1. The third kappa shape index (κ3) is 14.0. The van der Waals surface area contributed by atoms with Gasteiger partial charge in [0.2, 0.25) is 0 Å². The lowest BCUT2D eigenvalue weighted by molar-refractivity contribution is -0.140. The number of unbranched alkanes of at least 4 members (excludes halogenated alkanes) is 1. The van der Waals surface area contributed by atoms with Crippen LogP contribution in [0.4, 0.5) is 13.2 Å². The predicted octanol–water partition coefficient (Wildman–Crippen LogP) is 12.7. The third-order valence-corrected chi connectivity index (χ3v) is 25.8. The molecular formula is C42H73F3O6Si3. The van der Waals surface area contributed by atoms with Crippen molar-refractivity contribution >= 4 is 30.9 Å². The molecule has 1 aliphatic rings. The van der Waals surface area contributed by atoms with Crippen LogP contribution in [0.5, 0.6) is 5.75 Å². The predicted molar refractivity (Wildman–Crippen MR) is 224 cm³/mol. The monoisotopic (exact) mass is 814 g/mol. The maximum Gasteiger partial charge on any atom is 0.416 e. The van der Waals surface area contributed by atoms with Crippen LogP contribution in [0, 0.1) is 11.8 Å². The maximum absolute atomic E-state index is 13.5. The van der Waals surface area contributed by atoms with Crippen LogP contribution in [0.3, 0.4) is 0 Å². The van der Waals surface area contributed by atoms with Crippen LogP contribution in [0.25, 0.3) is 0 Å². The molecule has 0 heterocycles. The zero-order valence-electron chi connectivity index (χ0n) is 36.3. The molecule has 0 saturated heterocycles. The van der Waals surface area contributed by atoms with Gasteiger partial charge in [0, 0.05) is 12.3 Å². The lowest BCUT2D eigenvalue weighted by Gasteiger charge is -2.40. The molecule has 1 fully saturated rings. The van der Waals surface area contributed by atoms with Gasteiger partial charge in [0.15, 0.2) is 25.0 Å². The van der Waals surface area contributed by atoms with Gasteiger partial charge in [-0.05, 0) is 104 Å². The Bertz CT molecular complexity index is 1400. The molecule has 1 saturated carbocycles. The number of methoxy groups -OCH3 is 1. The summed E-state index contributed by atoms with van der Waals surface area (Å²) in [5, 5.41) is -0.0742. The molecule has 0 N–H and O–H groups in total. The molecule has 6 nitrogen and oxygen atoms in total. The molecular weight excluding hydrogens is 742 g/mol. The van der Waals surface area contributed by atoms with E-state index in [0.717, 1.165) is 37.8 Å². The molecule has 1 aromatic carbocycles. The Balaban J connectivity index is 2.62. The van der Waals surface area contributed by atoms with E-state index in [2.05, 4.69) is 126 Å². The number of esters is 1. The highest BCUT2D eigenvalue weighted by molar-refractivity contribution is 6.75. The summed E-state index contributed by atoms with van der Waals surface area (Å²) in [5.74, 6) is 0.0528. The van der Waals surface area contributed by atoms with Crippen molar-refractivity contribution in [1.29, 1.82) is 0 Å². The van der Waals surface area contributed by atoms with E-state index < -0.39 is 42.8 Å². The second-order valence-corrected chi connectivity index (χ2v) is 33.9. The van der Waals surface area contributed by atoms with Crippen molar-refractivity contribution in [3.63, 3.8) is 0 Å². The minimum absolute atomic E-state index is 0.00144. The van der Waals surface area contributed by atoms with E-state index in [1.54, 1.807) is 6.07 Å². The maximum atomic E-state index is 13.5. The van der Waals surface area contributed by atoms with Gasteiger partial charge in [0.25, 0.3) is 0 Å². The lowest BCUT2D eigenvalue weighted by atomic mass is 9.89. The molecule has 310 valence electrons. The van der Waals surface area contributed by atoms with Gasteiger partial charge in [-0.15, -0.1) is 0 Å². The standard InChI is InChI=1S/C42H73F3O6Si3/c1-39(2,3)52(11,12)49-33(30-48-32-23-21-22-31(28-32)42(43,44)45)26-27-35-34(24-19-17-18-20-25-38(46)47-10)36(50-53(13,14)40(4,5)6)29-37(35)51-54(15,16)41(7,8)9/h17,19,21-23,26-28,33-37H,18,20,24-25,29-30H2,1-16H3/t33-,34-,35+,36-,37-/m1/s1. The van der Waals surface area contributed by atoms with Crippen LogP contribution in [-0.2, 0) is 29.0 Å². The largest absolute Gasteiger partial charge is 0.491 e. The van der Waals surface area contributed by atoms with Crippen molar-refractivity contribution in [3.05, 3.63) is 54.1 Å². The number of carbonyl (C=O) groups is 1. The van der Waals surface area contributed by atoms with E-state index in [-0.39, 0.29) is 57.5 Å². The highest BCUT2D eigenvalue weighted by Gasteiger charge is 2.50. The van der Waals surface area contributed by atoms with Gasteiger partial charge < -0.3 is 22.8 Å².